The van der Waals surface area contributed by atoms with Crippen molar-refractivity contribution in [1.82, 2.24) is 0 Å². The molecule has 5 heteroatoms. The van der Waals surface area contributed by atoms with Crippen molar-refractivity contribution >= 4 is 49.7 Å². The van der Waals surface area contributed by atoms with Crippen LogP contribution in [0.25, 0.3) is 0 Å². The molecule has 0 saturated heterocycles. The fourth-order valence-electron chi connectivity index (χ4n) is 1.65. The number of benzene rings is 1. The van der Waals surface area contributed by atoms with Gasteiger partial charge in [-0.3, -0.25) is 0 Å². The summed E-state index contributed by atoms with van der Waals surface area (Å²) in [6, 6.07) is 6.52. The predicted molar refractivity (Wildman–Crippen MR) is 59.0 cm³/mol. The average molecular weight is 260 g/mol. The Morgan fingerprint density at radius 1 is 1.00 bits per heavy atom. The second-order valence-electron chi connectivity index (χ2n) is 3.85. The van der Waals surface area contributed by atoms with E-state index in [9.17, 15) is 19.8 Å². The molecule has 0 saturated carbocycles. The molecule has 0 bridgehead atoms. The van der Waals surface area contributed by atoms with Gasteiger partial charge in [0.2, 0.25) is 0 Å². The van der Waals surface area contributed by atoms with Crippen molar-refractivity contribution in [1.29, 1.82) is 0 Å². The second kappa shape index (κ2) is 6.99. The number of rotatable bonds is 4. The second-order valence-corrected chi connectivity index (χ2v) is 3.85. The van der Waals surface area contributed by atoms with Gasteiger partial charge in [-0.2, -0.15) is 0 Å². The summed E-state index contributed by atoms with van der Waals surface area (Å²) in [6.07, 6.45) is 0. The minimum Gasteiger partial charge on any atom is -0.549 e. The van der Waals surface area contributed by atoms with E-state index in [1.54, 1.807) is 18.2 Å². The van der Waals surface area contributed by atoms with Crippen molar-refractivity contribution in [2.75, 3.05) is 0 Å². The zero-order valence-corrected chi connectivity index (χ0v) is 12.0. The Morgan fingerprint density at radius 2 is 1.41 bits per heavy atom. The van der Waals surface area contributed by atoms with Gasteiger partial charge in [-0.05, 0) is 17.0 Å². The van der Waals surface area contributed by atoms with Crippen LogP contribution in [0.2, 0.25) is 0 Å². The summed E-state index contributed by atoms with van der Waals surface area (Å²) in [6.45, 7) is 3.72. The van der Waals surface area contributed by atoms with Gasteiger partial charge in [0.1, 0.15) is 0 Å². The van der Waals surface area contributed by atoms with Gasteiger partial charge in [0.25, 0.3) is 0 Å². The number of aliphatic carboxylic acids is 2. The summed E-state index contributed by atoms with van der Waals surface area (Å²) < 4.78 is 0. The first kappa shape index (κ1) is 16.4. The molecule has 0 atom stereocenters. The van der Waals surface area contributed by atoms with Gasteiger partial charge in [0.15, 0.2) is 0 Å². The number of carbonyl (C=O) groups excluding carboxylic acids is 2. The summed E-state index contributed by atoms with van der Waals surface area (Å²) in [4.78, 5) is 21.6. The zero-order chi connectivity index (χ0) is 12.3. The van der Waals surface area contributed by atoms with Crippen LogP contribution in [0.15, 0.2) is 24.3 Å². The van der Waals surface area contributed by atoms with Crippen LogP contribution in [-0.2, 0) is 9.59 Å². The van der Waals surface area contributed by atoms with E-state index in [-0.39, 0.29) is 49.2 Å². The fourth-order valence-corrected chi connectivity index (χ4v) is 1.65. The quantitative estimate of drug-likeness (QED) is 0.514. The Morgan fingerprint density at radius 3 is 1.76 bits per heavy atom. The first-order chi connectivity index (χ1) is 7.45. The van der Waals surface area contributed by atoms with Crippen LogP contribution < -0.4 is 10.2 Å². The van der Waals surface area contributed by atoms with Crippen LogP contribution in [0.3, 0.4) is 0 Å². The molecule has 0 aliphatic rings. The van der Waals surface area contributed by atoms with Crippen LogP contribution >= 0.6 is 0 Å². The van der Waals surface area contributed by atoms with Crippen molar-refractivity contribution in [3.63, 3.8) is 0 Å². The Kier molecular flexibility index (Phi) is 6.75. The maximum atomic E-state index is 10.8. The molecule has 0 heterocycles. The largest absolute Gasteiger partial charge is 2.00 e. The minimum absolute atomic E-state index is 0. The minimum atomic E-state index is -1.71. The van der Waals surface area contributed by atoms with Crippen LogP contribution in [0.1, 0.15) is 36.8 Å². The zero-order valence-electron chi connectivity index (χ0n) is 9.80. The molecular formula is C12H12CaO4. The van der Waals surface area contributed by atoms with E-state index in [2.05, 4.69) is 0 Å². The van der Waals surface area contributed by atoms with Crippen molar-refractivity contribution < 1.29 is 19.8 Å². The molecule has 0 aromatic heterocycles. The Hall–Kier alpha value is -0.580. The van der Waals surface area contributed by atoms with Crippen LogP contribution in [0, 0.1) is 0 Å². The van der Waals surface area contributed by atoms with Crippen LogP contribution in [0.4, 0.5) is 0 Å². The van der Waals surface area contributed by atoms with Crippen LogP contribution in [-0.4, -0.2) is 49.7 Å². The maximum Gasteiger partial charge on any atom is 2.00 e. The third-order valence-corrected chi connectivity index (χ3v) is 2.40. The first-order valence-corrected chi connectivity index (χ1v) is 4.95. The summed E-state index contributed by atoms with van der Waals surface area (Å²) in [5, 5.41) is 21.6. The van der Waals surface area contributed by atoms with E-state index >= 15 is 0 Å². The molecular weight excluding hydrogens is 248 g/mol. The van der Waals surface area contributed by atoms with E-state index < -0.39 is 17.9 Å². The van der Waals surface area contributed by atoms with E-state index in [1.165, 1.54) is 6.07 Å². The molecule has 0 unspecified atom stereocenters. The van der Waals surface area contributed by atoms with Crippen LogP contribution in [0.5, 0.6) is 0 Å². The number of carboxylic acids is 2. The molecule has 4 nitrogen and oxygen atoms in total. The van der Waals surface area contributed by atoms with Gasteiger partial charge in [0.05, 0.1) is 17.9 Å². The van der Waals surface area contributed by atoms with Gasteiger partial charge in [-0.1, -0.05) is 38.1 Å². The number of hydrogen-bond acceptors (Lipinski definition) is 4. The summed E-state index contributed by atoms with van der Waals surface area (Å²) >= 11 is 0. The molecule has 0 N–H and O–H groups in total. The molecule has 0 aliphatic carbocycles. The topological polar surface area (TPSA) is 80.3 Å². The van der Waals surface area contributed by atoms with Gasteiger partial charge in [-0.25, -0.2) is 0 Å². The number of carbonyl (C=O) groups is 2. The first-order valence-electron chi connectivity index (χ1n) is 4.95. The molecule has 0 spiro atoms. The molecule has 0 fully saturated rings. The molecule has 1 rings (SSSR count). The SMILES string of the molecule is CC(C)c1ccccc1C(C(=O)[O-])C(=O)[O-].[Ca+2]. The van der Waals surface area contributed by atoms with Crippen molar-refractivity contribution in [3.8, 4) is 0 Å². The van der Waals surface area contributed by atoms with Gasteiger partial charge in [-0.15, -0.1) is 0 Å². The standard InChI is InChI=1S/C12H14O4.Ca/c1-7(2)8-5-3-4-6-9(8)10(11(13)14)12(15)16;/h3-7,10H,1-2H3,(H,13,14)(H,15,16);/q;+2/p-2. The maximum absolute atomic E-state index is 10.8. The smallest absolute Gasteiger partial charge is 0.549 e. The van der Waals surface area contributed by atoms with Gasteiger partial charge in [0, 0.05) is 0 Å². The summed E-state index contributed by atoms with van der Waals surface area (Å²) in [7, 11) is 0. The third kappa shape index (κ3) is 3.98. The molecule has 1 aromatic carbocycles. The van der Waals surface area contributed by atoms with Crippen molar-refractivity contribution in [2.45, 2.75) is 25.7 Å². The molecule has 0 aliphatic heterocycles. The predicted octanol–water partition coefficient (Wildman–Crippen LogP) is -0.987. The third-order valence-electron chi connectivity index (χ3n) is 2.40. The monoisotopic (exact) mass is 260 g/mol. The number of carboxylic acid groups (broad SMARTS) is 2. The Labute approximate surface area is 130 Å². The molecule has 0 amide bonds. The van der Waals surface area contributed by atoms with E-state index in [4.69, 9.17) is 0 Å². The normalized spacial score (nSPS) is 10.1. The number of hydrogen-bond donors (Lipinski definition) is 0. The van der Waals surface area contributed by atoms with E-state index in [0.717, 1.165) is 0 Å². The summed E-state index contributed by atoms with van der Waals surface area (Å²) in [5.74, 6) is -4.96. The summed E-state index contributed by atoms with van der Waals surface area (Å²) in [5.41, 5.74) is 0.915. The van der Waals surface area contributed by atoms with E-state index in [0.29, 0.717) is 5.56 Å². The molecule has 86 valence electrons. The van der Waals surface area contributed by atoms with E-state index in [1.807, 2.05) is 13.8 Å². The average Bonchev–Trinajstić information content (AvgIpc) is 2.17. The Balaban J connectivity index is 0.00000256. The molecule has 17 heavy (non-hydrogen) atoms. The van der Waals surface area contributed by atoms with Gasteiger partial charge >= 0.3 is 37.7 Å². The van der Waals surface area contributed by atoms with Crippen molar-refractivity contribution in [3.05, 3.63) is 35.4 Å². The fraction of sp³-hybridized carbons (Fsp3) is 0.333. The molecule has 0 radical (unpaired) electrons. The molecule has 1 aromatic rings. The van der Waals surface area contributed by atoms with Gasteiger partial charge < -0.3 is 19.8 Å². The Bertz CT molecular complexity index is 401. The van der Waals surface area contributed by atoms with Crippen molar-refractivity contribution in [2.24, 2.45) is 0 Å².